The molecule has 1 aromatic carbocycles. The van der Waals surface area contributed by atoms with E-state index in [1.54, 1.807) is 0 Å². The fourth-order valence-corrected chi connectivity index (χ4v) is 2.89. The van der Waals surface area contributed by atoms with Crippen molar-refractivity contribution in [1.29, 1.82) is 0 Å². The van der Waals surface area contributed by atoms with Crippen LogP contribution < -0.4 is 5.73 Å². The van der Waals surface area contributed by atoms with Crippen LogP contribution in [-0.4, -0.2) is 74.6 Å². The third-order valence-corrected chi connectivity index (χ3v) is 4.31. The molecule has 2 N–H and O–H groups in total. The van der Waals surface area contributed by atoms with Crippen molar-refractivity contribution in [1.82, 2.24) is 14.7 Å². The highest BCUT2D eigenvalue weighted by molar-refractivity contribution is 5.23. The van der Waals surface area contributed by atoms with Crippen molar-refractivity contribution >= 4 is 0 Å². The van der Waals surface area contributed by atoms with E-state index in [2.05, 4.69) is 60.0 Å². The molecule has 1 atom stereocenters. The molecule has 0 aliphatic carbocycles. The van der Waals surface area contributed by atoms with E-state index in [1.807, 2.05) is 6.07 Å². The van der Waals surface area contributed by atoms with E-state index in [0.29, 0.717) is 0 Å². The highest BCUT2D eigenvalue weighted by Crippen LogP contribution is 2.19. The minimum Gasteiger partial charge on any atom is -0.321 e. The fraction of sp³-hybridized carbons (Fsp3) is 0.647. The highest BCUT2D eigenvalue weighted by Gasteiger charge is 2.26. The minimum atomic E-state index is -0.271. The Bertz CT molecular complexity index is 408. The van der Waals surface area contributed by atoms with Crippen LogP contribution in [0.1, 0.15) is 12.5 Å². The van der Waals surface area contributed by atoms with Gasteiger partial charge < -0.3 is 10.6 Å². The third kappa shape index (κ3) is 5.08. The molecule has 4 nitrogen and oxygen atoms in total. The molecule has 1 aromatic rings. The van der Waals surface area contributed by atoms with Crippen LogP contribution in [0.2, 0.25) is 0 Å². The Kier molecular flexibility index (Phi) is 5.76. The lowest BCUT2D eigenvalue weighted by molar-refractivity contribution is 0.108. The Morgan fingerprint density at radius 3 is 2.19 bits per heavy atom. The van der Waals surface area contributed by atoms with Crippen LogP contribution >= 0.6 is 0 Å². The second-order valence-corrected chi connectivity index (χ2v) is 6.70. The first-order valence-corrected chi connectivity index (χ1v) is 7.91. The molecular formula is C17H30N4. The zero-order chi connectivity index (χ0) is 15.3. The summed E-state index contributed by atoms with van der Waals surface area (Å²) in [4.78, 5) is 7.30. The maximum absolute atomic E-state index is 6.54. The van der Waals surface area contributed by atoms with Crippen LogP contribution in [0.15, 0.2) is 30.3 Å². The number of rotatable bonds is 6. The molecule has 0 saturated carbocycles. The Morgan fingerprint density at radius 1 is 1.05 bits per heavy atom. The summed E-state index contributed by atoms with van der Waals surface area (Å²) in [6.07, 6.45) is 0. The van der Waals surface area contributed by atoms with Crippen molar-refractivity contribution < 1.29 is 0 Å². The molecular weight excluding hydrogens is 260 g/mol. The molecule has 0 aromatic heterocycles. The van der Waals surface area contributed by atoms with E-state index in [9.17, 15) is 0 Å². The first-order valence-electron chi connectivity index (χ1n) is 7.91. The Hall–Kier alpha value is -0.940. The van der Waals surface area contributed by atoms with Gasteiger partial charge in [-0.3, -0.25) is 9.80 Å². The molecule has 0 bridgehead atoms. The topological polar surface area (TPSA) is 35.7 Å². The van der Waals surface area contributed by atoms with Crippen molar-refractivity contribution in [3.63, 3.8) is 0 Å². The first kappa shape index (κ1) is 16.4. The van der Waals surface area contributed by atoms with Gasteiger partial charge in [-0.05, 0) is 26.6 Å². The first-order chi connectivity index (χ1) is 9.97. The molecule has 1 heterocycles. The summed E-state index contributed by atoms with van der Waals surface area (Å²) in [7, 11) is 4.27. The lowest BCUT2D eigenvalue weighted by Crippen LogP contribution is -2.53. The van der Waals surface area contributed by atoms with Gasteiger partial charge in [-0.2, -0.15) is 0 Å². The molecule has 0 spiro atoms. The van der Waals surface area contributed by atoms with Crippen LogP contribution in [0, 0.1) is 0 Å². The molecule has 2 rings (SSSR count). The van der Waals surface area contributed by atoms with Gasteiger partial charge in [0.2, 0.25) is 0 Å². The molecule has 4 heteroatoms. The number of piperazine rings is 1. The zero-order valence-electron chi connectivity index (χ0n) is 13.8. The number of hydrogen-bond donors (Lipinski definition) is 1. The number of nitrogens with two attached hydrogens (primary N) is 1. The van der Waals surface area contributed by atoms with Crippen molar-refractivity contribution in [2.24, 2.45) is 5.73 Å². The van der Waals surface area contributed by atoms with Crippen LogP contribution in [0.3, 0.4) is 0 Å². The van der Waals surface area contributed by atoms with Crippen molar-refractivity contribution in [3.05, 3.63) is 35.9 Å². The molecule has 21 heavy (non-hydrogen) atoms. The summed E-state index contributed by atoms with van der Waals surface area (Å²) in [5.74, 6) is 0. The standard InChI is InChI=1S/C17H30N4/c1-17(18,16-7-5-4-6-8-16)15-21-13-11-20(12-14-21)10-9-19(2)3/h4-8H,9-15,18H2,1-3H3. The van der Waals surface area contributed by atoms with E-state index in [1.165, 1.54) is 12.1 Å². The maximum atomic E-state index is 6.54. The van der Waals surface area contributed by atoms with E-state index >= 15 is 0 Å². The Morgan fingerprint density at radius 2 is 1.62 bits per heavy atom. The number of likely N-dealkylation sites (N-methyl/N-ethyl adjacent to an activating group) is 1. The lowest BCUT2D eigenvalue weighted by Gasteiger charge is -2.39. The van der Waals surface area contributed by atoms with Crippen molar-refractivity contribution in [2.45, 2.75) is 12.5 Å². The lowest BCUT2D eigenvalue weighted by atomic mass is 9.92. The predicted molar refractivity (Wildman–Crippen MR) is 89.4 cm³/mol. The van der Waals surface area contributed by atoms with Gasteiger partial charge in [0.25, 0.3) is 0 Å². The van der Waals surface area contributed by atoms with E-state index < -0.39 is 0 Å². The molecule has 1 aliphatic heterocycles. The Balaban J connectivity index is 1.80. The monoisotopic (exact) mass is 290 g/mol. The van der Waals surface area contributed by atoms with Crippen LogP contribution in [0.25, 0.3) is 0 Å². The van der Waals surface area contributed by atoms with Gasteiger partial charge in [0.1, 0.15) is 0 Å². The largest absolute Gasteiger partial charge is 0.321 e. The van der Waals surface area contributed by atoms with E-state index in [0.717, 1.165) is 39.3 Å². The van der Waals surface area contributed by atoms with Gasteiger partial charge in [0.15, 0.2) is 0 Å². The second-order valence-electron chi connectivity index (χ2n) is 6.70. The second kappa shape index (κ2) is 7.36. The Labute approximate surface area is 129 Å². The molecule has 118 valence electrons. The van der Waals surface area contributed by atoms with Gasteiger partial charge in [-0.1, -0.05) is 30.3 Å². The van der Waals surface area contributed by atoms with Crippen molar-refractivity contribution in [3.8, 4) is 0 Å². The van der Waals surface area contributed by atoms with E-state index in [-0.39, 0.29) is 5.54 Å². The quantitative estimate of drug-likeness (QED) is 0.849. The van der Waals surface area contributed by atoms with Crippen LogP contribution in [0.5, 0.6) is 0 Å². The van der Waals surface area contributed by atoms with Gasteiger partial charge >= 0.3 is 0 Å². The fourth-order valence-electron chi connectivity index (χ4n) is 2.89. The van der Waals surface area contributed by atoms with Gasteiger partial charge in [0, 0.05) is 45.8 Å². The molecule has 0 amide bonds. The highest BCUT2D eigenvalue weighted by atomic mass is 15.3. The molecule has 1 fully saturated rings. The molecule has 1 saturated heterocycles. The summed E-state index contributed by atoms with van der Waals surface area (Å²) in [6, 6.07) is 10.4. The maximum Gasteiger partial charge on any atom is 0.0509 e. The molecule has 0 radical (unpaired) electrons. The third-order valence-electron chi connectivity index (χ3n) is 4.31. The summed E-state index contributed by atoms with van der Waals surface area (Å²) >= 11 is 0. The average Bonchev–Trinajstić information content (AvgIpc) is 2.47. The number of nitrogens with zero attached hydrogens (tertiary/aromatic N) is 3. The smallest absolute Gasteiger partial charge is 0.0509 e. The number of hydrogen-bond acceptors (Lipinski definition) is 4. The molecule has 1 aliphatic rings. The predicted octanol–water partition coefficient (Wildman–Crippen LogP) is 1.04. The number of benzene rings is 1. The van der Waals surface area contributed by atoms with Crippen LogP contribution in [0.4, 0.5) is 0 Å². The zero-order valence-corrected chi connectivity index (χ0v) is 13.8. The van der Waals surface area contributed by atoms with Gasteiger partial charge in [0.05, 0.1) is 5.54 Å². The normalized spacial score (nSPS) is 20.6. The average molecular weight is 290 g/mol. The molecule has 1 unspecified atom stereocenters. The van der Waals surface area contributed by atoms with Crippen molar-refractivity contribution in [2.75, 3.05) is 59.9 Å². The van der Waals surface area contributed by atoms with E-state index in [4.69, 9.17) is 5.73 Å². The van der Waals surface area contributed by atoms with Gasteiger partial charge in [-0.15, -0.1) is 0 Å². The summed E-state index contributed by atoms with van der Waals surface area (Å²) in [5.41, 5.74) is 7.49. The van der Waals surface area contributed by atoms with Gasteiger partial charge in [-0.25, -0.2) is 0 Å². The SMILES string of the molecule is CN(C)CCN1CCN(CC(C)(N)c2ccccc2)CC1. The summed E-state index contributed by atoms with van der Waals surface area (Å²) in [5, 5.41) is 0. The minimum absolute atomic E-state index is 0.271. The van der Waals surface area contributed by atoms with Crippen LogP contribution in [-0.2, 0) is 5.54 Å². The summed E-state index contributed by atoms with van der Waals surface area (Å²) < 4.78 is 0. The summed E-state index contributed by atoms with van der Waals surface area (Å²) in [6.45, 7) is 9.91.